The highest BCUT2D eigenvalue weighted by atomic mass is 16.5. The molecular weight excluding hydrogens is 376 g/mol. The van der Waals surface area contributed by atoms with Crippen molar-refractivity contribution in [3.8, 4) is 11.5 Å². The van der Waals surface area contributed by atoms with Crippen molar-refractivity contribution in [1.29, 1.82) is 0 Å². The van der Waals surface area contributed by atoms with E-state index in [9.17, 15) is 4.79 Å². The standard InChI is InChI=1S/C25H34N2O3/c1-4-5-6-7-8-16-29-23-14-12-21(13-15-23)27-25(28)18-26-22-10-9-11-24(17-22)30-19-20(2)3/h9-15,17,26H,2,4-8,16,18-19H2,1,3H3,(H,27,28). The Labute approximate surface area is 180 Å². The van der Waals surface area contributed by atoms with Crippen LogP contribution in [0.15, 0.2) is 60.7 Å². The van der Waals surface area contributed by atoms with Crippen LogP contribution in [0.5, 0.6) is 11.5 Å². The fourth-order valence-electron chi connectivity index (χ4n) is 2.82. The maximum Gasteiger partial charge on any atom is 0.243 e. The third-order valence-electron chi connectivity index (χ3n) is 4.43. The van der Waals surface area contributed by atoms with E-state index in [4.69, 9.17) is 9.47 Å². The lowest BCUT2D eigenvalue weighted by atomic mass is 10.2. The van der Waals surface area contributed by atoms with Crippen LogP contribution < -0.4 is 20.1 Å². The number of unbranched alkanes of at least 4 members (excludes halogenated alkanes) is 4. The number of amides is 1. The molecule has 0 aliphatic rings. The summed E-state index contributed by atoms with van der Waals surface area (Å²) in [4.78, 5) is 12.2. The van der Waals surface area contributed by atoms with E-state index in [2.05, 4.69) is 24.1 Å². The van der Waals surface area contributed by atoms with Gasteiger partial charge in [-0.2, -0.15) is 0 Å². The number of carbonyl (C=O) groups excluding carboxylic acids is 1. The molecule has 0 spiro atoms. The number of rotatable bonds is 14. The molecule has 0 saturated carbocycles. The van der Waals surface area contributed by atoms with E-state index in [0.29, 0.717) is 6.61 Å². The molecule has 5 nitrogen and oxygen atoms in total. The molecule has 30 heavy (non-hydrogen) atoms. The summed E-state index contributed by atoms with van der Waals surface area (Å²) in [6.07, 6.45) is 6.09. The van der Waals surface area contributed by atoms with Crippen LogP contribution in [0.2, 0.25) is 0 Å². The molecule has 0 aliphatic carbocycles. The minimum Gasteiger partial charge on any atom is -0.494 e. The highest BCUT2D eigenvalue weighted by molar-refractivity contribution is 5.93. The Kier molecular flexibility index (Phi) is 10.3. The lowest BCUT2D eigenvalue weighted by Crippen LogP contribution is -2.21. The maximum atomic E-state index is 12.2. The van der Waals surface area contributed by atoms with Crippen LogP contribution in [-0.2, 0) is 4.79 Å². The summed E-state index contributed by atoms with van der Waals surface area (Å²) in [6, 6.07) is 15.0. The summed E-state index contributed by atoms with van der Waals surface area (Å²) in [5.41, 5.74) is 2.53. The average Bonchev–Trinajstić information content (AvgIpc) is 2.75. The van der Waals surface area contributed by atoms with Crippen LogP contribution in [0, 0.1) is 0 Å². The zero-order valence-electron chi connectivity index (χ0n) is 18.2. The van der Waals surface area contributed by atoms with E-state index in [-0.39, 0.29) is 12.5 Å². The van der Waals surface area contributed by atoms with Crippen molar-refractivity contribution in [2.75, 3.05) is 30.4 Å². The molecule has 0 fully saturated rings. The second kappa shape index (κ2) is 13.3. The Balaban J connectivity index is 1.70. The summed E-state index contributed by atoms with van der Waals surface area (Å²) in [5.74, 6) is 1.45. The molecule has 2 N–H and O–H groups in total. The van der Waals surface area contributed by atoms with Gasteiger partial charge >= 0.3 is 0 Å². The fraction of sp³-hybridized carbons (Fsp3) is 0.400. The number of ether oxygens (including phenoxy) is 2. The first kappa shape index (κ1) is 23.3. The highest BCUT2D eigenvalue weighted by Crippen LogP contribution is 2.18. The van der Waals surface area contributed by atoms with Gasteiger partial charge in [0, 0.05) is 17.4 Å². The molecule has 2 rings (SSSR count). The minimum atomic E-state index is -0.118. The average molecular weight is 411 g/mol. The van der Waals surface area contributed by atoms with Gasteiger partial charge < -0.3 is 20.1 Å². The third-order valence-corrected chi connectivity index (χ3v) is 4.43. The predicted molar refractivity (Wildman–Crippen MR) is 125 cm³/mol. The fourth-order valence-corrected chi connectivity index (χ4v) is 2.82. The monoisotopic (exact) mass is 410 g/mol. The Morgan fingerprint density at radius 3 is 2.43 bits per heavy atom. The van der Waals surface area contributed by atoms with E-state index >= 15 is 0 Å². The van der Waals surface area contributed by atoms with Crippen molar-refractivity contribution in [2.45, 2.75) is 46.0 Å². The quantitative estimate of drug-likeness (QED) is 0.294. The Hall–Kier alpha value is -2.95. The number of nitrogens with one attached hydrogen (secondary N) is 2. The summed E-state index contributed by atoms with van der Waals surface area (Å²) < 4.78 is 11.4. The number of hydrogen-bond donors (Lipinski definition) is 2. The molecule has 0 saturated heterocycles. The van der Waals surface area contributed by atoms with Gasteiger partial charge in [0.05, 0.1) is 13.2 Å². The molecule has 0 atom stereocenters. The second-order valence-corrected chi connectivity index (χ2v) is 7.46. The molecule has 2 aromatic carbocycles. The predicted octanol–water partition coefficient (Wildman–Crippen LogP) is 6.04. The minimum absolute atomic E-state index is 0.118. The molecule has 0 aliphatic heterocycles. The first-order chi connectivity index (χ1) is 14.6. The van der Waals surface area contributed by atoms with Gasteiger partial charge in [0.25, 0.3) is 0 Å². The Bertz CT molecular complexity index is 787. The summed E-state index contributed by atoms with van der Waals surface area (Å²) in [7, 11) is 0. The van der Waals surface area contributed by atoms with Crippen LogP contribution in [0.3, 0.4) is 0 Å². The van der Waals surface area contributed by atoms with E-state index in [1.807, 2.05) is 55.5 Å². The van der Waals surface area contributed by atoms with Crippen molar-refractivity contribution in [1.82, 2.24) is 0 Å². The number of benzene rings is 2. The van der Waals surface area contributed by atoms with Crippen LogP contribution in [0.1, 0.15) is 46.0 Å². The van der Waals surface area contributed by atoms with Gasteiger partial charge in [-0.1, -0.05) is 45.3 Å². The zero-order valence-corrected chi connectivity index (χ0v) is 18.2. The van der Waals surface area contributed by atoms with Gasteiger partial charge in [-0.3, -0.25) is 4.79 Å². The van der Waals surface area contributed by atoms with E-state index < -0.39 is 0 Å². The van der Waals surface area contributed by atoms with Crippen LogP contribution in [0.25, 0.3) is 0 Å². The molecule has 0 heterocycles. The Morgan fingerprint density at radius 1 is 0.933 bits per heavy atom. The Morgan fingerprint density at radius 2 is 1.70 bits per heavy atom. The van der Waals surface area contributed by atoms with Crippen molar-refractivity contribution >= 4 is 17.3 Å². The van der Waals surface area contributed by atoms with Gasteiger partial charge in [0.1, 0.15) is 18.1 Å². The highest BCUT2D eigenvalue weighted by Gasteiger charge is 2.04. The van der Waals surface area contributed by atoms with Gasteiger partial charge in [-0.15, -0.1) is 0 Å². The molecule has 1 amide bonds. The summed E-state index contributed by atoms with van der Waals surface area (Å²) in [6.45, 7) is 9.33. The molecule has 5 heteroatoms. The van der Waals surface area contributed by atoms with Gasteiger partial charge in [0.15, 0.2) is 0 Å². The van der Waals surface area contributed by atoms with Crippen LogP contribution in [0.4, 0.5) is 11.4 Å². The van der Waals surface area contributed by atoms with E-state index in [1.54, 1.807) is 0 Å². The summed E-state index contributed by atoms with van der Waals surface area (Å²) >= 11 is 0. The van der Waals surface area contributed by atoms with E-state index in [0.717, 1.165) is 41.5 Å². The second-order valence-electron chi connectivity index (χ2n) is 7.46. The number of anilines is 2. The van der Waals surface area contributed by atoms with Crippen molar-refractivity contribution in [2.24, 2.45) is 0 Å². The molecule has 162 valence electrons. The first-order valence-electron chi connectivity index (χ1n) is 10.7. The molecule has 0 unspecified atom stereocenters. The molecule has 2 aromatic rings. The lowest BCUT2D eigenvalue weighted by molar-refractivity contribution is -0.114. The number of carbonyl (C=O) groups is 1. The normalized spacial score (nSPS) is 10.3. The third kappa shape index (κ3) is 9.50. The topological polar surface area (TPSA) is 59.6 Å². The lowest BCUT2D eigenvalue weighted by Gasteiger charge is -2.11. The molecule has 0 radical (unpaired) electrons. The van der Waals surface area contributed by atoms with Gasteiger partial charge in [0.2, 0.25) is 5.91 Å². The van der Waals surface area contributed by atoms with Gasteiger partial charge in [-0.05, 0) is 55.3 Å². The van der Waals surface area contributed by atoms with Crippen LogP contribution >= 0.6 is 0 Å². The molecule has 0 aromatic heterocycles. The molecular formula is C25H34N2O3. The number of hydrogen-bond acceptors (Lipinski definition) is 4. The van der Waals surface area contributed by atoms with Crippen LogP contribution in [-0.4, -0.2) is 25.7 Å². The molecule has 0 bridgehead atoms. The van der Waals surface area contributed by atoms with Crippen molar-refractivity contribution in [3.05, 3.63) is 60.7 Å². The smallest absolute Gasteiger partial charge is 0.243 e. The van der Waals surface area contributed by atoms with Crippen molar-refractivity contribution < 1.29 is 14.3 Å². The first-order valence-corrected chi connectivity index (χ1v) is 10.7. The summed E-state index contributed by atoms with van der Waals surface area (Å²) in [5, 5.41) is 6.00. The SMILES string of the molecule is C=C(C)COc1cccc(NCC(=O)Nc2ccc(OCCCCCCC)cc2)c1. The largest absolute Gasteiger partial charge is 0.494 e. The van der Waals surface area contributed by atoms with Crippen molar-refractivity contribution in [3.63, 3.8) is 0 Å². The van der Waals surface area contributed by atoms with E-state index in [1.165, 1.54) is 25.7 Å². The zero-order chi connectivity index (χ0) is 21.6. The maximum absolute atomic E-state index is 12.2. The van der Waals surface area contributed by atoms with Gasteiger partial charge in [-0.25, -0.2) is 0 Å².